The van der Waals surface area contributed by atoms with Crippen molar-refractivity contribution >= 4 is 49.5 Å². The number of benzene rings is 7. The van der Waals surface area contributed by atoms with Gasteiger partial charge in [0.05, 0.1) is 17.4 Å². The Morgan fingerprint density at radius 3 is 2.13 bits per heavy atom. The molecule has 0 saturated heterocycles. The van der Waals surface area contributed by atoms with Gasteiger partial charge in [-0.15, -0.1) is 0 Å². The number of fused-ring (bicyclic) bond motifs is 6. The number of aliphatic imine (C=N–C) groups is 1. The Kier molecular flexibility index (Phi) is 5.91. The fourth-order valence-corrected chi connectivity index (χ4v) is 6.61. The lowest BCUT2D eigenvalue weighted by atomic mass is 9.96. The average Bonchev–Trinajstić information content (AvgIpc) is 3.56. The molecule has 45 heavy (non-hydrogen) atoms. The second-order valence-electron chi connectivity index (χ2n) is 11.7. The lowest BCUT2D eigenvalue weighted by Crippen LogP contribution is -2.31. The largest absolute Gasteiger partial charge is 0.464 e. The number of amidine groups is 1. The van der Waals surface area contributed by atoms with E-state index in [4.69, 9.17) is 9.73 Å². The van der Waals surface area contributed by atoms with Crippen molar-refractivity contribution in [2.24, 2.45) is 4.99 Å². The number of hydrogen-bond acceptors (Lipinski definition) is 4. The van der Waals surface area contributed by atoms with Gasteiger partial charge in [-0.1, -0.05) is 127 Å². The van der Waals surface area contributed by atoms with Crippen LogP contribution >= 0.6 is 0 Å². The Hall–Kier alpha value is -5.87. The second kappa shape index (κ2) is 10.4. The monoisotopic (exact) mass is 579 g/mol. The fraction of sp³-hybridized carbons (Fsp3) is 0.0488. The van der Waals surface area contributed by atoms with Gasteiger partial charge in [0.25, 0.3) is 0 Å². The minimum atomic E-state index is -0.211. The predicted molar refractivity (Wildman–Crippen MR) is 186 cm³/mol. The third-order valence-electron chi connectivity index (χ3n) is 8.90. The summed E-state index contributed by atoms with van der Waals surface area (Å²) in [4.78, 5) is 5.16. The van der Waals surface area contributed by atoms with Crippen molar-refractivity contribution in [1.29, 1.82) is 0 Å². The molecule has 0 radical (unpaired) electrons. The topological polar surface area (TPSA) is 45.6 Å². The quantitative estimate of drug-likeness (QED) is 0.204. The molecule has 7 aromatic carbocycles. The Morgan fingerprint density at radius 2 is 1.27 bits per heavy atom. The number of nitrogens with one attached hydrogen (secondary N) is 2. The molecule has 0 amide bonds. The first-order valence-electron chi connectivity index (χ1n) is 15.4. The smallest absolute Gasteiger partial charge is 0.196 e. The van der Waals surface area contributed by atoms with E-state index in [1.54, 1.807) is 0 Å². The first kappa shape index (κ1) is 25.6. The highest BCUT2D eigenvalue weighted by atomic mass is 16.5. The zero-order valence-electron chi connectivity index (χ0n) is 24.4. The predicted octanol–water partition coefficient (Wildman–Crippen LogP) is 9.78. The maximum atomic E-state index is 6.56. The van der Waals surface area contributed by atoms with Gasteiger partial charge in [0.2, 0.25) is 0 Å². The maximum Gasteiger partial charge on any atom is 0.196 e. The first-order chi connectivity index (χ1) is 22.3. The lowest BCUT2D eigenvalue weighted by molar-refractivity contribution is 0.263. The molecule has 0 fully saturated rings. The molecule has 2 heterocycles. The molecule has 4 heteroatoms. The molecular formula is C41H29N3O. The van der Waals surface area contributed by atoms with Gasteiger partial charge in [-0.05, 0) is 62.3 Å². The van der Waals surface area contributed by atoms with E-state index in [1.807, 2.05) is 24.3 Å². The standard InChI is InChI=1S/C41H29N3O/c1-3-10-27(11-4-1)36-25-37(32-18-15-26-9-7-8-14-30(26)23-32)43-40(42-36)33-19-21-34-31(24-33)17-16-28-20-22-35-39(38(28)34)45-41(44-35)29-12-5-2-6-13-29/h1-25,37,41,44H,(H,42,43). The SMILES string of the molecule is C1=C(c2ccccc2)N=C(c2ccc3c(ccc4ccc5c(c43)OC(c3ccccc3)N5)c2)NC1c1ccc2ccccc2c1. The Labute approximate surface area is 261 Å². The molecule has 2 aliphatic rings. The Morgan fingerprint density at radius 1 is 0.533 bits per heavy atom. The molecule has 7 aromatic rings. The number of hydrogen-bond donors (Lipinski definition) is 2. The van der Waals surface area contributed by atoms with Crippen LogP contribution in [0.15, 0.2) is 157 Å². The van der Waals surface area contributed by atoms with Crippen molar-refractivity contribution in [2.45, 2.75) is 12.3 Å². The molecular weight excluding hydrogens is 550 g/mol. The highest BCUT2D eigenvalue weighted by molar-refractivity contribution is 6.15. The zero-order chi connectivity index (χ0) is 29.7. The van der Waals surface area contributed by atoms with Crippen LogP contribution in [0.4, 0.5) is 5.69 Å². The van der Waals surface area contributed by atoms with Crippen molar-refractivity contribution in [1.82, 2.24) is 5.32 Å². The summed E-state index contributed by atoms with van der Waals surface area (Å²) in [5.41, 5.74) is 6.43. The third kappa shape index (κ3) is 4.50. The number of anilines is 1. The van der Waals surface area contributed by atoms with E-state index >= 15 is 0 Å². The van der Waals surface area contributed by atoms with Gasteiger partial charge in [-0.3, -0.25) is 0 Å². The van der Waals surface area contributed by atoms with Crippen LogP contribution in [0.3, 0.4) is 0 Å². The van der Waals surface area contributed by atoms with E-state index < -0.39 is 0 Å². The molecule has 0 spiro atoms. The van der Waals surface area contributed by atoms with Crippen LogP contribution < -0.4 is 15.4 Å². The number of nitrogens with zero attached hydrogens (tertiary/aromatic N) is 1. The Bertz CT molecular complexity index is 2310. The van der Waals surface area contributed by atoms with Gasteiger partial charge in [-0.25, -0.2) is 4.99 Å². The Balaban J connectivity index is 1.13. The van der Waals surface area contributed by atoms with E-state index in [0.717, 1.165) is 61.2 Å². The van der Waals surface area contributed by atoms with Crippen LogP contribution in [-0.2, 0) is 0 Å². The van der Waals surface area contributed by atoms with E-state index in [9.17, 15) is 0 Å². The molecule has 9 rings (SSSR count). The van der Waals surface area contributed by atoms with E-state index in [0.29, 0.717) is 0 Å². The summed E-state index contributed by atoms with van der Waals surface area (Å²) in [6, 6.07) is 51.2. The fourth-order valence-electron chi connectivity index (χ4n) is 6.61. The average molecular weight is 580 g/mol. The normalized spacial score (nSPS) is 17.2. The maximum absolute atomic E-state index is 6.56. The van der Waals surface area contributed by atoms with Crippen LogP contribution in [0.5, 0.6) is 5.75 Å². The van der Waals surface area contributed by atoms with Crippen LogP contribution in [-0.4, -0.2) is 5.84 Å². The summed E-state index contributed by atoms with van der Waals surface area (Å²) < 4.78 is 6.56. The van der Waals surface area contributed by atoms with Gasteiger partial charge >= 0.3 is 0 Å². The van der Waals surface area contributed by atoms with Crippen molar-refractivity contribution < 1.29 is 4.74 Å². The van der Waals surface area contributed by atoms with E-state index in [-0.39, 0.29) is 12.3 Å². The highest BCUT2D eigenvalue weighted by Gasteiger charge is 2.26. The molecule has 0 saturated carbocycles. The molecule has 2 N–H and O–H groups in total. The van der Waals surface area contributed by atoms with Gasteiger partial charge in [0.15, 0.2) is 12.0 Å². The van der Waals surface area contributed by atoms with Crippen molar-refractivity contribution in [3.05, 3.63) is 174 Å². The van der Waals surface area contributed by atoms with Crippen molar-refractivity contribution in [3.8, 4) is 5.75 Å². The van der Waals surface area contributed by atoms with Gasteiger partial charge in [-0.2, -0.15) is 0 Å². The molecule has 0 aliphatic carbocycles. The zero-order valence-corrected chi connectivity index (χ0v) is 24.4. The van der Waals surface area contributed by atoms with E-state index in [1.165, 1.54) is 16.3 Å². The molecule has 2 unspecified atom stereocenters. The van der Waals surface area contributed by atoms with Gasteiger partial charge in [0.1, 0.15) is 5.84 Å². The summed E-state index contributed by atoms with van der Waals surface area (Å²) >= 11 is 0. The van der Waals surface area contributed by atoms with Gasteiger partial charge < -0.3 is 15.4 Å². The molecule has 4 nitrogen and oxygen atoms in total. The lowest BCUT2D eigenvalue weighted by Gasteiger charge is -2.25. The van der Waals surface area contributed by atoms with Gasteiger partial charge in [0, 0.05) is 16.5 Å². The summed E-state index contributed by atoms with van der Waals surface area (Å²) in [6.07, 6.45) is 2.02. The van der Waals surface area contributed by atoms with Crippen molar-refractivity contribution in [3.63, 3.8) is 0 Å². The number of rotatable bonds is 4. The van der Waals surface area contributed by atoms with Crippen LogP contribution in [0.25, 0.3) is 38.0 Å². The molecule has 2 atom stereocenters. The van der Waals surface area contributed by atoms with Crippen LogP contribution in [0, 0.1) is 0 Å². The van der Waals surface area contributed by atoms with E-state index in [2.05, 4.69) is 138 Å². The summed E-state index contributed by atoms with van der Waals surface area (Å²) in [5, 5.41) is 14.4. The molecule has 0 aromatic heterocycles. The van der Waals surface area contributed by atoms with Crippen LogP contribution in [0.2, 0.25) is 0 Å². The summed E-state index contributed by atoms with van der Waals surface area (Å²) in [5.74, 6) is 1.76. The first-order valence-corrected chi connectivity index (χ1v) is 15.4. The molecule has 0 bridgehead atoms. The molecule has 2 aliphatic heterocycles. The van der Waals surface area contributed by atoms with Crippen LogP contribution in [0.1, 0.15) is 34.5 Å². The summed E-state index contributed by atoms with van der Waals surface area (Å²) in [7, 11) is 0. The minimum Gasteiger partial charge on any atom is -0.464 e. The van der Waals surface area contributed by atoms with Crippen molar-refractivity contribution in [2.75, 3.05) is 5.32 Å². The second-order valence-corrected chi connectivity index (χ2v) is 11.7. The molecule has 214 valence electrons. The third-order valence-corrected chi connectivity index (χ3v) is 8.90. The number of ether oxygens (including phenoxy) is 1. The minimum absolute atomic E-state index is 0.0257. The summed E-state index contributed by atoms with van der Waals surface area (Å²) in [6.45, 7) is 0. The highest BCUT2D eigenvalue weighted by Crippen LogP contribution is 2.45.